The molecule has 1 aromatic heterocycles. The number of hydrogen-bond donors (Lipinski definition) is 2. The molecule has 1 fully saturated rings. The first-order valence-electron chi connectivity index (χ1n) is 8.17. The third-order valence-corrected chi connectivity index (χ3v) is 6.31. The molecule has 5 heteroatoms. The van der Waals surface area contributed by atoms with E-state index in [-0.39, 0.29) is 23.5 Å². The summed E-state index contributed by atoms with van der Waals surface area (Å²) in [6.45, 7) is 13.5. The Morgan fingerprint density at radius 3 is 2.50 bits per heavy atom. The summed E-state index contributed by atoms with van der Waals surface area (Å²) in [5.74, 6) is 0. The fourth-order valence-electron chi connectivity index (χ4n) is 2.79. The minimum absolute atomic E-state index is 0.0298. The fraction of sp³-hybridized carbons (Fsp3) is 0.824. The van der Waals surface area contributed by atoms with Gasteiger partial charge in [-0.2, -0.15) is 0 Å². The Morgan fingerprint density at radius 1 is 1.36 bits per heavy atom. The third-order valence-electron chi connectivity index (χ3n) is 4.54. The molecule has 0 radical (unpaired) electrons. The fourth-order valence-corrected chi connectivity index (χ4v) is 3.94. The van der Waals surface area contributed by atoms with Gasteiger partial charge in [-0.15, -0.1) is 11.3 Å². The molecule has 2 rings (SSSR count). The summed E-state index contributed by atoms with van der Waals surface area (Å²) >= 11 is 1.81. The highest BCUT2D eigenvalue weighted by molar-refractivity contribution is 7.12. The molecule has 1 aliphatic rings. The van der Waals surface area contributed by atoms with Crippen LogP contribution in [0.4, 0.5) is 0 Å². The van der Waals surface area contributed by atoms with Crippen LogP contribution < -0.4 is 5.32 Å². The smallest absolute Gasteiger partial charge is 0.0985 e. The van der Waals surface area contributed by atoms with Crippen molar-refractivity contribution in [3.63, 3.8) is 0 Å². The van der Waals surface area contributed by atoms with E-state index in [0.717, 1.165) is 38.3 Å². The molecule has 1 atom stereocenters. The second-order valence-electron chi connectivity index (χ2n) is 7.59. The van der Waals surface area contributed by atoms with Gasteiger partial charge in [-0.1, -0.05) is 20.8 Å². The summed E-state index contributed by atoms with van der Waals surface area (Å²) in [6, 6.07) is 0.264. The molecule has 4 nitrogen and oxygen atoms in total. The van der Waals surface area contributed by atoms with E-state index < -0.39 is 0 Å². The lowest BCUT2D eigenvalue weighted by molar-refractivity contribution is -0.0163. The van der Waals surface area contributed by atoms with Crippen molar-refractivity contribution in [3.8, 4) is 0 Å². The predicted octanol–water partition coefficient (Wildman–Crippen LogP) is 3.19. The molecule has 0 spiro atoms. The first-order chi connectivity index (χ1) is 10.3. The van der Waals surface area contributed by atoms with Crippen LogP contribution in [0.15, 0.2) is 0 Å². The van der Waals surface area contributed by atoms with Gasteiger partial charge < -0.3 is 15.2 Å². The summed E-state index contributed by atoms with van der Waals surface area (Å²) in [6.07, 6.45) is 1.86. The monoisotopic (exact) mass is 326 g/mol. The molecule has 22 heavy (non-hydrogen) atoms. The Morgan fingerprint density at radius 2 is 2.00 bits per heavy atom. The molecule has 2 N–H and O–H groups in total. The Balaban J connectivity index is 2.03. The van der Waals surface area contributed by atoms with Crippen molar-refractivity contribution in [2.75, 3.05) is 26.4 Å². The number of nitrogens with one attached hydrogen (secondary N) is 1. The molecule has 0 aromatic carbocycles. The van der Waals surface area contributed by atoms with Gasteiger partial charge >= 0.3 is 0 Å². The quantitative estimate of drug-likeness (QED) is 0.872. The van der Waals surface area contributed by atoms with Gasteiger partial charge in [-0.3, -0.25) is 0 Å². The van der Waals surface area contributed by atoms with Crippen LogP contribution >= 0.6 is 11.3 Å². The van der Waals surface area contributed by atoms with Gasteiger partial charge in [-0.05, 0) is 26.7 Å². The number of thiazole rings is 1. The van der Waals surface area contributed by atoms with Crippen LogP contribution in [0.3, 0.4) is 0 Å². The lowest BCUT2D eigenvalue weighted by Gasteiger charge is -2.36. The number of aryl methyl sites for hydroxylation is 1. The second-order valence-corrected chi connectivity index (χ2v) is 8.62. The summed E-state index contributed by atoms with van der Waals surface area (Å²) in [5, 5.41) is 14.6. The van der Waals surface area contributed by atoms with E-state index in [1.54, 1.807) is 11.3 Å². The first-order valence-corrected chi connectivity index (χ1v) is 8.99. The van der Waals surface area contributed by atoms with Crippen molar-refractivity contribution in [3.05, 3.63) is 15.6 Å². The summed E-state index contributed by atoms with van der Waals surface area (Å²) in [5.41, 5.74) is 1.19. The molecular formula is C17H30N2O2S. The average molecular weight is 327 g/mol. The van der Waals surface area contributed by atoms with Crippen LogP contribution in [0.2, 0.25) is 0 Å². The highest BCUT2D eigenvalue weighted by Gasteiger charge is 2.32. The van der Waals surface area contributed by atoms with Crippen LogP contribution in [0.25, 0.3) is 0 Å². The maximum Gasteiger partial charge on any atom is 0.0985 e. The SMILES string of the molecule is Cc1nc(C(C)(C)C)sc1C(C)NCC1(CO)CCOCC1. The molecule has 2 heterocycles. The predicted molar refractivity (Wildman–Crippen MR) is 91.5 cm³/mol. The van der Waals surface area contributed by atoms with Gasteiger partial charge in [0.1, 0.15) is 0 Å². The maximum absolute atomic E-state index is 9.79. The van der Waals surface area contributed by atoms with Crippen LogP contribution in [0.1, 0.15) is 62.2 Å². The zero-order valence-corrected chi connectivity index (χ0v) is 15.3. The largest absolute Gasteiger partial charge is 0.396 e. The van der Waals surface area contributed by atoms with Crippen molar-refractivity contribution in [1.29, 1.82) is 0 Å². The number of aromatic nitrogens is 1. The Kier molecular flexibility index (Phi) is 5.64. The van der Waals surface area contributed by atoms with Crippen molar-refractivity contribution >= 4 is 11.3 Å². The number of ether oxygens (including phenoxy) is 1. The van der Waals surface area contributed by atoms with E-state index in [2.05, 4.69) is 39.9 Å². The van der Waals surface area contributed by atoms with E-state index in [1.165, 1.54) is 9.88 Å². The zero-order valence-electron chi connectivity index (χ0n) is 14.5. The average Bonchev–Trinajstić information content (AvgIpc) is 2.88. The van der Waals surface area contributed by atoms with Gasteiger partial charge in [0, 0.05) is 41.5 Å². The summed E-state index contributed by atoms with van der Waals surface area (Å²) < 4.78 is 5.43. The highest BCUT2D eigenvalue weighted by atomic mass is 32.1. The molecule has 1 aromatic rings. The molecule has 0 amide bonds. The number of hydrogen-bond acceptors (Lipinski definition) is 5. The van der Waals surface area contributed by atoms with Gasteiger partial charge in [0.25, 0.3) is 0 Å². The van der Waals surface area contributed by atoms with Crippen molar-refractivity contribution in [2.24, 2.45) is 5.41 Å². The highest BCUT2D eigenvalue weighted by Crippen LogP contribution is 2.34. The van der Waals surface area contributed by atoms with Gasteiger partial charge in [0.2, 0.25) is 0 Å². The first kappa shape index (κ1) is 17.9. The topological polar surface area (TPSA) is 54.4 Å². The minimum Gasteiger partial charge on any atom is -0.396 e. The molecule has 0 bridgehead atoms. The molecule has 1 saturated heterocycles. The van der Waals surface area contributed by atoms with Crippen LogP contribution in [-0.4, -0.2) is 36.5 Å². The van der Waals surface area contributed by atoms with E-state index in [1.807, 2.05) is 0 Å². The van der Waals surface area contributed by atoms with E-state index in [9.17, 15) is 5.11 Å². The lowest BCUT2D eigenvalue weighted by Crippen LogP contribution is -2.42. The lowest BCUT2D eigenvalue weighted by atomic mass is 9.81. The minimum atomic E-state index is -0.0298. The molecule has 0 saturated carbocycles. The number of aliphatic hydroxyl groups is 1. The van der Waals surface area contributed by atoms with E-state index in [4.69, 9.17) is 9.72 Å². The molecule has 126 valence electrons. The number of rotatable bonds is 5. The molecular weight excluding hydrogens is 296 g/mol. The van der Waals surface area contributed by atoms with Crippen molar-refractivity contribution in [1.82, 2.24) is 10.3 Å². The molecule has 0 aliphatic carbocycles. The Hall–Kier alpha value is -0.490. The zero-order chi connectivity index (χ0) is 16.4. The van der Waals surface area contributed by atoms with Crippen molar-refractivity contribution in [2.45, 2.75) is 58.9 Å². The molecule has 1 aliphatic heterocycles. The number of aliphatic hydroxyl groups excluding tert-OH is 1. The van der Waals surface area contributed by atoms with Gasteiger partial charge in [0.05, 0.1) is 17.3 Å². The standard InChI is InChI=1S/C17H30N2O2S/c1-12(14-13(2)19-15(22-14)16(3,4)5)18-10-17(11-20)6-8-21-9-7-17/h12,18,20H,6-11H2,1-5H3. The van der Waals surface area contributed by atoms with Crippen LogP contribution in [0, 0.1) is 12.3 Å². The van der Waals surface area contributed by atoms with Gasteiger partial charge in [-0.25, -0.2) is 4.98 Å². The summed E-state index contributed by atoms with van der Waals surface area (Å²) in [7, 11) is 0. The van der Waals surface area contributed by atoms with Crippen molar-refractivity contribution < 1.29 is 9.84 Å². The second kappa shape index (κ2) is 6.95. The normalized spacial score (nSPS) is 20.1. The third kappa shape index (κ3) is 4.07. The molecule has 1 unspecified atom stereocenters. The Labute approximate surface area is 138 Å². The summed E-state index contributed by atoms with van der Waals surface area (Å²) in [4.78, 5) is 6.05. The van der Waals surface area contributed by atoms with Gasteiger partial charge in [0.15, 0.2) is 0 Å². The van der Waals surface area contributed by atoms with Crippen LogP contribution in [0.5, 0.6) is 0 Å². The van der Waals surface area contributed by atoms with E-state index in [0.29, 0.717) is 0 Å². The van der Waals surface area contributed by atoms with Crippen LogP contribution in [-0.2, 0) is 10.2 Å². The number of nitrogens with zero attached hydrogens (tertiary/aromatic N) is 1. The Bertz CT molecular complexity index is 487. The van der Waals surface area contributed by atoms with E-state index >= 15 is 0 Å². The maximum atomic E-state index is 9.79.